The zero-order chi connectivity index (χ0) is 26.9. The second-order valence-electron chi connectivity index (χ2n) is 7.82. The van der Waals surface area contributed by atoms with Gasteiger partial charge in [0.15, 0.2) is 0 Å². The normalized spacial score (nSPS) is 11.4. The Morgan fingerprint density at radius 3 is 2.34 bits per heavy atom. The molecule has 0 atom stereocenters. The fraction of sp³-hybridized carbons (Fsp3) is 0.0800. The van der Waals surface area contributed by atoms with Gasteiger partial charge >= 0.3 is 29.6 Å². The van der Waals surface area contributed by atoms with Crippen molar-refractivity contribution >= 4 is 67.1 Å². The van der Waals surface area contributed by atoms with Gasteiger partial charge in [0.25, 0.3) is 16.0 Å². The van der Waals surface area contributed by atoms with Gasteiger partial charge in [0.05, 0.1) is 27.7 Å². The van der Waals surface area contributed by atoms with Crippen LogP contribution in [0.1, 0.15) is 15.9 Å². The van der Waals surface area contributed by atoms with E-state index in [0.717, 1.165) is 6.07 Å². The maximum atomic E-state index is 13.4. The van der Waals surface area contributed by atoms with Crippen LogP contribution in [0.15, 0.2) is 75.8 Å². The fourth-order valence-corrected chi connectivity index (χ4v) is 4.83. The van der Waals surface area contributed by atoms with Gasteiger partial charge in [-0.05, 0) is 48.2 Å². The first-order chi connectivity index (χ1) is 17.5. The molecule has 0 radical (unpaired) electrons. The average molecular weight is 582 g/mol. The van der Waals surface area contributed by atoms with E-state index >= 15 is 0 Å². The smallest absolute Gasteiger partial charge is 0.870 e. The molecule has 4 rings (SSSR count). The van der Waals surface area contributed by atoms with Gasteiger partial charge in [-0.2, -0.15) is 13.5 Å². The van der Waals surface area contributed by atoms with E-state index in [9.17, 15) is 22.9 Å². The van der Waals surface area contributed by atoms with E-state index < -0.39 is 26.7 Å². The number of nitrogens with one attached hydrogen (secondary N) is 1. The van der Waals surface area contributed by atoms with Crippen molar-refractivity contribution in [1.82, 2.24) is 0 Å². The number of carbonyl (C=O) groups excluding carboxylic acids is 1. The molecule has 0 heterocycles. The van der Waals surface area contributed by atoms with Crippen molar-refractivity contribution in [2.75, 3.05) is 12.4 Å². The standard InChI is InChI=1S/C25H19Cl2N3O6S.Na/c1-13-21(37(33,34)35)10-9-19(27)22(13)29-30-23-16-6-4-3-5-14(16)11-17(24(23)31)25(32)28-15-7-8-18(26)20(12-15)36-2;/h3-12,31H,1-2H3,(H,28,32)(H,33,34,35);/q;+1/p-1. The molecule has 0 fully saturated rings. The van der Waals surface area contributed by atoms with Gasteiger partial charge in [-0.3, -0.25) is 9.35 Å². The number of azo groups is 1. The molecule has 0 aliphatic rings. The van der Waals surface area contributed by atoms with Crippen molar-refractivity contribution in [3.63, 3.8) is 0 Å². The summed E-state index contributed by atoms with van der Waals surface area (Å²) in [6.45, 7) is 1.39. The van der Waals surface area contributed by atoms with Crippen LogP contribution in [0.5, 0.6) is 11.5 Å². The zero-order valence-electron chi connectivity index (χ0n) is 20.3. The second kappa shape index (κ2) is 12.0. The van der Waals surface area contributed by atoms with Crippen LogP contribution in [-0.2, 0) is 10.1 Å². The molecular weight excluding hydrogens is 564 g/mol. The Balaban J connectivity index is 0.00000400. The Kier molecular flexibility index (Phi) is 9.43. The zero-order valence-corrected chi connectivity index (χ0v) is 24.6. The van der Waals surface area contributed by atoms with Gasteiger partial charge in [0.1, 0.15) is 11.4 Å². The van der Waals surface area contributed by atoms with Gasteiger partial charge in [0.2, 0.25) is 0 Å². The number of anilines is 1. The number of hydrogen-bond acceptors (Lipinski definition) is 7. The number of amides is 1. The number of ether oxygens (including phenoxy) is 1. The van der Waals surface area contributed by atoms with E-state index in [0.29, 0.717) is 27.2 Å². The molecule has 9 nitrogen and oxygen atoms in total. The molecule has 0 bridgehead atoms. The molecule has 4 aromatic rings. The summed E-state index contributed by atoms with van der Waals surface area (Å²) in [6, 6.07) is 15.2. The summed E-state index contributed by atoms with van der Waals surface area (Å²) in [5.74, 6) is -1.06. The SMILES string of the molecule is COc1cc(NC(=O)c2cc3ccccc3c(N=Nc3c(Cl)ccc(S(=O)(=O)O)c3C)c2[O-])ccc1Cl.[Na+]. The van der Waals surface area contributed by atoms with Gasteiger partial charge in [-0.25, -0.2) is 0 Å². The Labute approximate surface area is 250 Å². The Morgan fingerprint density at radius 2 is 1.66 bits per heavy atom. The minimum Gasteiger partial charge on any atom is -0.870 e. The molecule has 0 saturated heterocycles. The van der Waals surface area contributed by atoms with Crippen molar-refractivity contribution < 1.29 is 57.2 Å². The minimum absolute atomic E-state index is 0. The van der Waals surface area contributed by atoms with E-state index in [-0.39, 0.29) is 57.1 Å². The summed E-state index contributed by atoms with van der Waals surface area (Å²) >= 11 is 12.2. The third-order valence-electron chi connectivity index (χ3n) is 5.49. The van der Waals surface area contributed by atoms with Crippen molar-refractivity contribution in [3.05, 3.63) is 81.8 Å². The third-order valence-corrected chi connectivity index (χ3v) is 7.10. The first-order valence-corrected chi connectivity index (χ1v) is 12.8. The number of halogens is 2. The average Bonchev–Trinajstić information content (AvgIpc) is 2.85. The Bertz CT molecular complexity index is 1700. The van der Waals surface area contributed by atoms with E-state index in [4.69, 9.17) is 27.9 Å². The van der Waals surface area contributed by atoms with Crippen molar-refractivity contribution in [1.29, 1.82) is 0 Å². The monoisotopic (exact) mass is 581 g/mol. The van der Waals surface area contributed by atoms with Gasteiger partial charge in [-0.1, -0.05) is 53.2 Å². The molecule has 4 aromatic carbocycles. The number of benzene rings is 4. The van der Waals surface area contributed by atoms with Crippen LogP contribution < -0.4 is 44.7 Å². The first-order valence-electron chi connectivity index (χ1n) is 10.6. The Morgan fingerprint density at radius 1 is 1.00 bits per heavy atom. The number of methoxy groups -OCH3 is 1. The van der Waals surface area contributed by atoms with Crippen LogP contribution in [0.2, 0.25) is 10.0 Å². The molecule has 0 aliphatic carbocycles. The molecule has 0 aromatic heterocycles. The van der Waals surface area contributed by atoms with Crippen LogP contribution in [-0.4, -0.2) is 26.0 Å². The van der Waals surface area contributed by atoms with Crippen LogP contribution in [0, 0.1) is 6.92 Å². The molecular formula is C25H18Cl2N3NaO6S. The molecule has 13 heteroatoms. The molecule has 38 heavy (non-hydrogen) atoms. The number of nitrogens with zero attached hydrogens (tertiary/aromatic N) is 2. The quantitative estimate of drug-likeness (QED) is 0.203. The molecule has 0 unspecified atom stereocenters. The Hall–Kier alpha value is -2.70. The summed E-state index contributed by atoms with van der Waals surface area (Å²) < 4.78 is 38.0. The van der Waals surface area contributed by atoms with E-state index in [1.54, 1.807) is 36.4 Å². The molecule has 0 spiro atoms. The molecule has 1 amide bonds. The molecule has 190 valence electrons. The molecule has 2 N–H and O–H groups in total. The van der Waals surface area contributed by atoms with Crippen LogP contribution >= 0.6 is 23.2 Å². The number of hydrogen-bond donors (Lipinski definition) is 2. The number of carbonyl (C=O) groups is 1. The maximum absolute atomic E-state index is 13.4. The van der Waals surface area contributed by atoms with Gasteiger partial charge in [0, 0.05) is 22.7 Å². The summed E-state index contributed by atoms with van der Waals surface area (Å²) in [6.07, 6.45) is 0. The predicted molar refractivity (Wildman–Crippen MR) is 140 cm³/mol. The predicted octanol–water partition coefficient (Wildman–Crippen LogP) is 3.46. The summed E-state index contributed by atoms with van der Waals surface area (Å²) in [5.41, 5.74) is -0.00312. The van der Waals surface area contributed by atoms with Crippen LogP contribution in [0.4, 0.5) is 17.1 Å². The van der Waals surface area contributed by atoms with E-state index in [2.05, 4.69) is 15.5 Å². The van der Waals surface area contributed by atoms with Crippen molar-refractivity contribution in [2.45, 2.75) is 11.8 Å². The van der Waals surface area contributed by atoms with E-state index in [1.807, 2.05) is 0 Å². The number of fused-ring (bicyclic) bond motifs is 1. The molecule has 0 saturated carbocycles. The maximum Gasteiger partial charge on any atom is 1.00 e. The first kappa shape index (κ1) is 29.9. The van der Waals surface area contributed by atoms with Crippen LogP contribution in [0.25, 0.3) is 10.8 Å². The van der Waals surface area contributed by atoms with Gasteiger partial charge in [-0.15, -0.1) is 5.11 Å². The summed E-state index contributed by atoms with van der Waals surface area (Å²) in [5, 5.41) is 25.5. The van der Waals surface area contributed by atoms with Crippen molar-refractivity contribution in [3.8, 4) is 11.5 Å². The van der Waals surface area contributed by atoms with Gasteiger partial charge < -0.3 is 15.2 Å². The largest absolute Gasteiger partial charge is 1.00 e. The second-order valence-corrected chi connectivity index (χ2v) is 10.0. The topological polar surface area (TPSA) is 140 Å². The number of rotatable bonds is 6. The van der Waals surface area contributed by atoms with Crippen LogP contribution in [0.3, 0.4) is 0 Å². The van der Waals surface area contributed by atoms with Crippen molar-refractivity contribution in [2.24, 2.45) is 10.2 Å². The summed E-state index contributed by atoms with van der Waals surface area (Å²) in [7, 11) is -3.11. The third kappa shape index (κ3) is 6.13. The fourth-order valence-electron chi connectivity index (χ4n) is 3.66. The minimum atomic E-state index is -4.55. The van der Waals surface area contributed by atoms with E-state index in [1.165, 1.54) is 32.2 Å². The summed E-state index contributed by atoms with van der Waals surface area (Å²) in [4.78, 5) is 12.7. The molecule has 0 aliphatic heterocycles.